The monoisotopic (exact) mass is 451 g/mol. The highest BCUT2D eigenvalue weighted by molar-refractivity contribution is 7.91. The van der Waals surface area contributed by atoms with Crippen LogP contribution in [0.25, 0.3) is 0 Å². The minimum absolute atomic E-state index is 0.147. The molecule has 1 aromatic carbocycles. The SMILES string of the molecule is CC[C@@H]1CCCCN1CCCNS(=O)(=O)c1nnc(NC(=O)c2ccc(C)cc2)s1. The van der Waals surface area contributed by atoms with Gasteiger partial charge in [-0.1, -0.05) is 42.4 Å². The van der Waals surface area contributed by atoms with Gasteiger partial charge in [0, 0.05) is 18.2 Å². The topological polar surface area (TPSA) is 104 Å². The van der Waals surface area contributed by atoms with Crippen molar-refractivity contribution in [2.75, 3.05) is 25.0 Å². The van der Waals surface area contributed by atoms with Gasteiger partial charge in [-0.25, -0.2) is 13.1 Å². The van der Waals surface area contributed by atoms with Gasteiger partial charge in [0.25, 0.3) is 15.9 Å². The summed E-state index contributed by atoms with van der Waals surface area (Å²) in [7, 11) is -3.74. The Bertz CT molecular complexity index is 944. The summed E-state index contributed by atoms with van der Waals surface area (Å²) in [4.78, 5) is 14.7. The number of rotatable bonds is 9. The van der Waals surface area contributed by atoms with Crippen LogP contribution in [0.1, 0.15) is 54.9 Å². The summed E-state index contributed by atoms with van der Waals surface area (Å²) in [5.74, 6) is -0.352. The number of sulfonamides is 1. The quantitative estimate of drug-likeness (QED) is 0.449. The number of likely N-dealkylation sites (tertiary alicyclic amines) is 1. The number of carbonyl (C=O) groups is 1. The van der Waals surface area contributed by atoms with Gasteiger partial charge in [-0.2, -0.15) is 0 Å². The summed E-state index contributed by atoms with van der Waals surface area (Å²) >= 11 is 0.841. The predicted octanol–water partition coefficient (Wildman–Crippen LogP) is 3.03. The fourth-order valence-corrected chi connectivity index (χ4v) is 5.62. The molecular weight excluding hydrogens is 422 g/mol. The molecule has 8 nitrogen and oxygen atoms in total. The number of carbonyl (C=O) groups excluding carboxylic acids is 1. The zero-order chi connectivity index (χ0) is 21.6. The predicted molar refractivity (Wildman–Crippen MR) is 118 cm³/mol. The maximum atomic E-state index is 12.5. The van der Waals surface area contributed by atoms with Gasteiger partial charge in [0.15, 0.2) is 0 Å². The number of aromatic nitrogens is 2. The number of piperidine rings is 1. The van der Waals surface area contributed by atoms with Crippen molar-refractivity contribution in [2.45, 2.75) is 56.3 Å². The molecule has 2 N–H and O–H groups in total. The van der Waals surface area contributed by atoms with E-state index in [9.17, 15) is 13.2 Å². The zero-order valence-corrected chi connectivity index (χ0v) is 19.1. The molecule has 2 heterocycles. The second kappa shape index (κ2) is 10.4. The van der Waals surface area contributed by atoms with E-state index in [0.29, 0.717) is 18.2 Å². The van der Waals surface area contributed by atoms with Gasteiger partial charge < -0.3 is 4.90 Å². The minimum Gasteiger partial charge on any atom is -0.300 e. The molecule has 1 atom stereocenters. The van der Waals surface area contributed by atoms with Crippen LogP contribution in [-0.4, -0.2) is 55.1 Å². The molecule has 1 aromatic heterocycles. The summed E-state index contributed by atoms with van der Waals surface area (Å²) in [5.41, 5.74) is 1.52. The van der Waals surface area contributed by atoms with Gasteiger partial charge in [0.1, 0.15) is 0 Å². The van der Waals surface area contributed by atoms with E-state index < -0.39 is 10.0 Å². The van der Waals surface area contributed by atoms with Crippen LogP contribution in [0.5, 0.6) is 0 Å². The maximum Gasteiger partial charge on any atom is 0.269 e. The summed E-state index contributed by atoms with van der Waals surface area (Å²) < 4.78 is 27.4. The Balaban J connectivity index is 1.49. The van der Waals surface area contributed by atoms with Gasteiger partial charge in [-0.15, -0.1) is 10.2 Å². The molecule has 1 amide bonds. The molecule has 1 aliphatic heterocycles. The molecule has 2 aromatic rings. The van der Waals surface area contributed by atoms with Crippen molar-refractivity contribution in [3.05, 3.63) is 35.4 Å². The second-order valence-corrected chi connectivity index (χ2v) is 10.5. The Morgan fingerprint density at radius 3 is 2.73 bits per heavy atom. The number of benzene rings is 1. The van der Waals surface area contributed by atoms with Crippen LogP contribution < -0.4 is 10.0 Å². The third-order valence-electron chi connectivity index (χ3n) is 5.31. The summed E-state index contributed by atoms with van der Waals surface area (Å²) in [5, 5.41) is 10.3. The molecule has 3 rings (SSSR count). The lowest BCUT2D eigenvalue weighted by Crippen LogP contribution is -2.40. The van der Waals surface area contributed by atoms with Crippen molar-refractivity contribution >= 4 is 32.4 Å². The molecule has 0 aliphatic carbocycles. The largest absolute Gasteiger partial charge is 0.300 e. The Kier molecular flexibility index (Phi) is 7.93. The third kappa shape index (κ3) is 6.07. The summed E-state index contributed by atoms with van der Waals surface area (Å²) in [6, 6.07) is 7.69. The first-order valence-corrected chi connectivity index (χ1v) is 12.6. The molecule has 164 valence electrons. The van der Waals surface area contributed by atoms with Crippen LogP contribution >= 0.6 is 11.3 Å². The van der Waals surface area contributed by atoms with E-state index in [1.54, 1.807) is 12.1 Å². The van der Waals surface area contributed by atoms with E-state index in [1.807, 2.05) is 19.1 Å². The fourth-order valence-electron chi connectivity index (χ4n) is 3.61. The molecule has 0 radical (unpaired) electrons. The van der Waals surface area contributed by atoms with Crippen LogP contribution in [0.3, 0.4) is 0 Å². The van der Waals surface area contributed by atoms with Gasteiger partial charge >= 0.3 is 0 Å². The molecular formula is C20H29N5O3S2. The average molecular weight is 452 g/mol. The van der Waals surface area contributed by atoms with Crippen LogP contribution in [0, 0.1) is 6.92 Å². The van der Waals surface area contributed by atoms with Crippen LogP contribution in [0.4, 0.5) is 5.13 Å². The Morgan fingerprint density at radius 2 is 2.00 bits per heavy atom. The first-order chi connectivity index (χ1) is 14.4. The molecule has 1 aliphatic rings. The maximum absolute atomic E-state index is 12.5. The van der Waals surface area contributed by atoms with E-state index in [1.165, 1.54) is 19.3 Å². The van der Waals surface area contributed by atoms with Gasteiger partial charge in [-0.3, -0.25) is 10.1 Å². The lowest BCUT2D eigenvalue weighted by atomic mass is 10.00. The highest BCUT2D eigenvalue weighted by Crippen LogP contribution is 2.21. The van der Waals surface area contributed by atoms with Crippen LogP contribution in [-0.2, 0) is 10.0 Å². The standard InChI is InChI=1S/C20H29N5O3S2/c1-3-17-7-4-5-13-25(17)14-6-12-21-30(27,28)20-24-23-19(29-20)22-18(26)16-10-8-15(2)9-11-16/h8-11,17,21H,3-7,12-14H2,1-2H3,(H,22,23,26)/t17-/m1/s1. The van der Waals surface area contributed by atoms with Crippen LogP contribution in [0.2, 0.25) is 0 Å². The molecule has 10 heteroatoms. The zero-order valence-electron chi connectivity index (χ0n) is 17.4. The molecule has 1 saturated heterocycles. The van der Waals surface area contributed by atoms with Crippen molar-refractivity contribution in [2.24, 2.45) is 0 Å². The molecule has 0 bridgehead atoms. The average Bonchev–Trinajstić information content (AvgIpc) is 3.21. The summed E-state index contributed by atoms with van der Waals surface area (Å²) in [6.45, 7) is 6.46. The highest BCUT2D eigenvalue weighted by atomic mass is 32.2. The lowest BCUT2D eigenvalue weighted by Gasteiger charge is -2.35. The van der Waals surface area contributed by atoms with E-state index in [-0.39, 0.29) is 15.4 Å². The van der Waals surface area contributed by atoms with Gasteiger partial charge in [0.05, 0.1) is 0 Å². The number of aryl methyl sites for hydroxylation is 1. The lowest BCUT2D eigenvalue weighted by molar-refractivity contribution is 0.102. The van der Waals surface area contributed by atoms with Gasteiger partial charge in [-0.05, 0) is 57.8 Å². The van der Waals surface area contributed by atoms with Crippen molar-refractivity contribution < 1.29 is 13.2 Å². The molecule has 0 unspecified atom stereocenters. The molecule has 0 spiro atoms. The second-order valence-electron chi connectivity index (χ2n) is 7.54. The number of amides is 1. The number of hydrogen-bond acceptors (Lipinski definition) is 7. The van der Waals surface area contributed by atoms with E-state index >= 15 is 0 Å². The van der Waals surface area contributed by atoms with Crippen molar-refractivity contribution in [1.29, 1.82) is 0 Å². The first kappa shape index (κ1) is 22.8. The van der Waals surface area contributed by atoms with Crippen molar-refractivity contribution in [3.8, 4) is 0 Å². The smallest absolute Gasteiger partial charge is 0.269 e. The number of anilines is 1. The number of hydrogen-bond donors (Lipinski definition) is 2. The minimum atomic E-state index is -3.74. The third-order valence-corrected chi connectivity index (χ3v) is 7.97. The number of nitrogens with one attached hydrogen (secondary N) is 2. The Labute approximate surface area is 182 Å². The van der Waals surface area contributed by atoms with Gasteiger partial charge in [0.2, 0.25) is 9.47 Å². The fraction of sp³-hybridized carbons (Fsp3) is 0.550. The van der Waals surface area contributed by atoms with E-state index in [0.717, 1.165) is 42.8 Å². The molecule has 30 heavy (non-hydrogen) atoms. The first-order valence-electron chi connectivity index (χ1n) is 10.3. The molecule has 1 fully saturated rings. The highest BCUT2D eigenvalue weighted by Gasteiger charge is 2.22. The summed E-state index contributed by atoms with van der Waals surface area (Å²) in [6.07, 6.45) is 5.59. The Morgan fingerprint density at radius 1 is 1.23 bits per heavy atom. The number of nitrogens with zero attached hydrogens (tertiary/aromatic N) is 3. The van der Waals surface area contributed by atoms with Crippen molar-refractivity contribution in [3.63, 3.8) is 0 Å². The molecule has 0 saturated carbocycles. The van der Waals surface area contributed by atoms with Crippen molar-refractivity contribution in [1.82, 2.24) is 19.8 Å². The van der Waals surface area contributed by atoms with E-state index in [2.05, 4.69) is 32.1 Å². The van der Waals surface area contributed by atoms with Crippen LogP contribution in [0.15, 0.2) is 28.6 Å². The van der Waals surface area contributed by atoms with E-state index in [4.69, 9.17) is 0 Å². The normalized spacial score (nSPS) is 17.7. The Hall–Kier alpha value is -1.88.